The highest BCUT2D eigenvalue weighted by atomic mass is 35.5. The maximum atomic E-state index is 8.93. The van der Waals surface area contributed by atoms with Gasteiger partial charge in [0.1, 0.15) is 12.4 Å². The molecule has 2 aromatic rings. The van der Waals surface area contributed by atoms with Crippen LogP contribution in [0.1, 0.15) is 11.1 Å². The van der Waals surface area contributed by atoms with Gasteiger partial charge >= 0.3 is 0 Å². The van der Waals surface area contributed by atoms with E-state index in [1.54, 1.807) is 12.1 Å². The maximum absolute atomic E-state index is 8.93. The first-order chi connectivity index (χ1) is 10.1. The summed E-state index contributed by atoms with van der Waals surface area (Å²) in [6.07, 6.45) is 0.639. The Morgan fingerprint density at radius 2 is 1.77 bits per heavy atom. The second kappa shape index (κ2) is 9.23. The van der Waals surface area contributed by atoms with E-state index < -0.39 is 0 Å². The van der Waals surface area contributed by atoms with E-state index in [1.165, 1.54) is 0 Å². The molecule has 0 aliphatic carbocycles. The maximum Gasteiger partial charge on any atom is 0.119 e. The molecule has 6 heteroatoms. The molecule has 0 saturated heterocycles. The molecule has 0 spiro atoms. The SMILES string of the molecule is Cl.NC(CO)Cc1ccc(OCc2ccc(Cl)cc2Cl)cc1. The van der Waals surface area contributed by atoms with Crippen LogP contribution in [0.5, 0.6) is 5.75 Å². The first-order valence-electron chi connectivity index (χ1n) is 6.60. The van der Waals surface area contributed by atoms with Crippen molar-refractivity contribution in [1.82, 2.24) is 0 Å². The number of aliphatic hydroxyl groups is 1. The second-order valence-corrected chi connectivity index (χ2v) is 5.66. The lowest BCUT2D eigenvalue weighted by atomic mass is 10.1. The molecule has 2 aromatic carbocycles. The summed E-state index contributed by atoms with van der Waals surface area (Å²) in [5.41, 5.74) is 7.65. The van der Waals surface area contributed by atoms with Gasteiger partial charge < -0.3 is 15.6 Å². The molecule has 0 bridgehead atoms. The van der Waals surface area contributed by atoms with Crippen molar-refractivity contribution in [3.05, 3.63) is 63.6 Å². The third kappa shape index (κ3) is 5.67. The van der Waals surface area contributed by atoms with Gasteiger partial charge in [-0.3, -0.25) is 0 Å². The number of hydrogen-bond donors (Lipinski definition) is 2. The summed E-state index contributed by atoms with van der Waals surface area (Å²) >= 11 is 11.9. The van der Waals surface area contributed by atoms with Gasteiger partial charge in [-0.05, 0) is 36.2 Å². The van der Waals surface area contributed by atoms with Crippen LogP contribution < -0.4 is 10.5 Å². The van der Waals surface area contributed by atoms with Crippen LogP contribution in [0.3, 0.4) is 0 Å². The molecule has 0 heterocycles. The molecule has 0 aromatic heterocycles. The van der Waals surface area contributed by atoms with Crippen molar-refractivity contribution in [2.45, 2.75) is 19.1 Å². The van der Waals surface area contributed by atoms with E-state index in [-0.39, 0.29) is 25.1 Å². The second-order valence-electron chi connectivity index (χ2n) is 4.82. The molecule has 120 valence electrons. The van der Waals surface area contributed by atoms with E-state index in [0.29, 0.717) is 23.1 Å². The molecular weight excluding hydrogens is 345 g/mol. The third-order valence-corrected chi connectivity index (χ3v) is 3.65. The molecule has 0 radical (unpaired) electrons. The van der Waals surface area contributed by atoms with Crippen LogP contribution in [0.25, 0.3) is 0 Å². The van der Waals surface area contributed by atoms with Crippen LogP contribution >= 0.6 is 35.6 Å². The van der Waals surface area contributed by atoms with Gasteiger partial charge in [0.15, 0.2) is 0 Å². The molecule has 0 aliphatic rings. The van der Waals surface area contributed by atoms with E-state index in [2.05, 4.69) is 0 Å². The van der Waals surface area contributed by atoms with Gasteiger partial charge in [-0.15, -0.1) is 12.4 Å². The number of aliphatic hydroxyl groups excluding tert-OH is 1. The van der Waals surface area contributed by atoms with Crippen molar-refractivity contribution in [1.29, 1.82) is 0 Å². The summed E-state index contributed by atoms with van der Waals surface area (Å²) in [5.74, 6) is 0.752. The van der Waals surface area contributed by atoms with Gasteiger partial charge in [-0.2, -0.15) is 0 Å². The molecule has 0 fully saturated rings. The van der Waals surface area contributed by atoms with Crippen LogP contribution in [0.2, 0.25) is 10.0 Å². The van der Waals surface area contributed by atoms with Gasteiger partial charge in [0.2, 0.25) is 0 Å². The lowest BCUT2D eigenvalue weighted by Gasteiger charge is -2.10. The van der Waals surface area contributed by atoms with Gasteiger partial charge in [0.05, 0.1) is 6.61 Å². The number of rotatable bonds is 6. The van der Waals surface area contributed by atoms with Crippen LogP contribution in [0, 0.1) is 0 Å². The number of benzene rings is 2. The Morgan fingerprint density at radius 3 is 2.36 bits per heavy atom. The highest BCUT2D eigenvalue weighted by molar-refractivity contribution is 6.35. The summed E-state index contributed by atoms with van der Waals surface area (Å²) < 4.78 is 5.69. The topological polar surface area (TPSA) is 55.5 Å². The van der Waals surface area contributed by atoms with Crippen molar-refractivity contribution in [2.24, 2.45) is 5.73 Å². The van der Waals surface area contributed by atoms with Gasteiger partial charge in [-0.1, -0.05) is 41.4 Å². The molecule has 0 saturated carbocycles. The Labute approximate surface area is 146 Å². The van der Waals surface area contributed by atoms with Crippen molar-refractivity contribution in [2.75, 3.05) is 6.61 Å². The van der Waals surface area contributed by atoms with Crippen molar-refractivity contribution in [3.8, 4) is 5.75 Å². The normalized spacial score (nSPS) is 11.6. The zero-order valence-electron chi connectivity index (χ0n) is 11.8. The molecule has 1 unspecified atom stereocenters. The van der Waals surface area contributed by atoms with Gasteiger partial charge in [0.25, 0.3) is 0 Å². The van der Waals surface area contributed by atoms with E-state index in [4.69, 9.17) is 38.8 Å². The van der Waals surface area contributed by atoms with Crippen molar-refractivity contribution in [3.63, 3.8) is 0 Å². The molecule has 3 nitrogen and oxygen atoms in total. The Bertz CT molecular complexity index is 590. The zero-order chi connectivity index (χ0) is 15.2. The largest absolute Gasteiger partial charge is 0.489 e. The molecular formula is C16H18Cl3NO2. The van der Waals surface area contributed by atoms with E-state index >= 15 is 0 Å². The highest BCUT2D eigenvalue weighted by Crippen LogP contribution is 2.23. The van der Waals surface area contributed by atoms with Crippen LogP contribution in [-0.2, 0) is 13.0 Å². The van der Waals surface area contributed by atoms with Gasteiger partial charge in [-0.25, -0.2) is 0 Å². The summed E-state index contributed by atoms with van der Waals surface area (Å²) in [5, 5.41) is 10.1. The predicted octanol–water partition coefficient (Wildman–Crippen LogP) is 3.86. The minimum absolute atomic E-state index is 0. The predicted molar refractivity (Wildman–Crippen MR) is 93.2 cm³/mol. The summed E-state index contributed by atoms with van der Waals surface area (Å²) in [6, 6.07) is 12.7. The molecule has 2 rings (SSSR count). The first kappa shape index (κ1) is 19.1. The lowest BCUT2D eigenvalue weighted by Crippen LogP contribution is -2.26. The highest BCUT2D eigenvalue weighted by Gasteiger charge is 2.04. The molecule has 22 heavy (non-hydrogen) atoms. The average molecular weight is 363 g/mol. The fourth-order valence-electron chi connectivity index (χ4n) is 1.89. The fourth-order valence-corrected chi connectivity index (χ4v) is 2.35. The van der Waals surface area contributed by atoms with Crippen molar-refractivity contribution >= 4 is 35.6 Å². The summed E-state index contributed by atoms with van der Waals surface area (Å²) in [4.78, 5) is 0. The first-order valence-corrected chi connectivity index (χ1v) is 7.36. The molecule has 3 N–H and O–H groups in total. The Hall–Kier alpha value is -0.970. The number of halogens is 3. The monoisotopic (exact) mass is 361 g/mol. The molecule has 1 atom stereocenters. The van der Waals surface area contributed by atoms with Gasteiger partial charge in [0, 0.05) is 21.7 Å². The smallest absolute Gasteiger partial charge is 0.119 e. The minimum Gasteiger partial charge on any atom is -0.489 e. The summed E-state index contributed by atoms with van der Waals surface area (Å²) in [7, 11) is 0. The molecule has 0 aliphatic heterocycles. The van der Waals surface area contributed by atoms with Crippen LogP contribution in [0.4, 0.5) is 0 Å². The van der Waals surface area contributed by atoms with Crippen molar-refractivity contribution < 1.29 is 9.84 Å². The number of hydrogen-bond acceptors (Lipinski definition) is 3. The number of ether oxygens (including phenoxy) is 1. The Morgan fingerprint density at radius 1 is 1.09 bits per heavy atom. The van der Waals surface area contributed by atoms with E-state index in [1.807, 2.05) is 30.3 Å². The van der Waals surface area contributed by atoms with Crippen LogP contribution in [0.15, 0.2) is 42.5 Å². The quantitative estimate of drug-likeness (QED) is 0.820. The summed E-state index contributed by atoms with van der Waals surface area (Å²) in [6.45, 7) is 0.360. The standard InChI is InChI=1S/C16H17Cl2NO2.ClH/c17-13-4-3-12(16(18)8-13)10-21-15-5-1-11(2-6-15)7-14(19)9-20;/h1-6,8,14,20H,7,9-10,19H2;1H. The lowest BCUT2D eigenvalue weighted by molar-refractivity contribution is 0.265. The zero-order valence-corrected chi connectivity index (χ0v) is 14.2. The van der Waals surface area contributed by atoms with E-state index in [0.717, 1.165) is 16.9 Å². The fraction of sp³-hybridized carbons (Fsp3) is 0.250. The Kier molecular flexibility index (Phi) is 8.01. The van der Waals surface area contributed by atoms with E-state index in [9.17, 15) is 0 Å². The molecule has 0 amide bonds. The average Bonchev–Trinajstić information content (AvgIpc) is 2.48. The van der Waals surface area contributed by atoms with Crippen LogP contribution in [-0.4, -0.2) is 17.8 Å². The number of nitrogens with two attached hydrogens (primary N) is 1. The third-order valence-electron chi connectivity index (χ3n) is 3.07. The minimum atomic E-state index is -0.232. The Balaban J connectivity index is 0.00000242.